The number of anilines is 1. The second kappa shape index (κ2) is 11.3. The maximum absolute atomic E-state index is 13.1. The van der Waals surface area contributed by atoms with Crippen molar-refractivity contribution in [1.29, 1.82) is 0 Å². The number of halogens is 3. The Hall–Kier alpha value is -4.04. The highest BCUT2D eigenvalue weighted by atomic mass is 19.4. The van der Waals surface area contributed by atoms with E-state index in [-0.39, 0.29) is 6.61 Å². The Morgan fingerprint density at radius 2 is 1.76 bits per heavy atom. The van der Waals surface area contributed by atoms with E-state index in [9.17, 15) is 23.1 Å². The Kier molecular flexibility index (Phi) is 7.98. The van der Waals surface area contributed by atoms with Gasteiger partial charge in [0.15, 0.2) is 0 Å². The number of rotatable bonds is 7. The van der Waals surface area contributed by atoms with E-state index in [4.69, 9.17) is 9.47 Å². The molecule has 2 N–H and O–H groups in total. The van der Waals surface area contributed by atoms with Gasteiger partial charge in [-0.1, -0.05) is 42.5 Å². The lowest BCUT2D eigenvalue weighted by atomic mass is 9.96. The van der Waals surface area contributed by atoms with Crippen LogP contribution in [0.4, 0.5) is 18.9 Å². The van der Waals surface area contributed by atoms with Gasteiger partial charge in [0.25, 0.3) is 0 Å². The number of carbonyl (C=O) groups is 1. The van der Waals surface area contributed by atoms with Crippen LogP contribution in [0.5, 0.6) is 11.5 Å². The summed E-state index contributed by atoms with van der Waals surface area (Å²) in [4.78, 5) is 12.6. The molecular weight excluding hydrogens is 483 g/mol. The second-order valence-corrected chi connectivity index (χ2v) is 8.41. The first-order valence-corrected chi connectivity index (χ1v) is 11.8. The third kappa shape index (κ3) is 6.59. The number of fused-ring (bicyclic) bond motifs is 1. The molecule has 0 fully saturated rings. The van der Waals surface area contributed by atoms with Crippen LogP contribution in [-0.2, 0) is 17.4 Å². The summed E-state index contributed by atoms with van der Waals surface area (Å²) < 4.78 is 50.1. The monoisotopic (exact) mass is 509 g/mol. The van der Waals surface area contributed by atoms with Gasteiger partial charge in [0.2, 0.25) is 5.91 Å². The third-order valence-electron chi connectivity index (χ3n) is 5.77. The third-order valence-corrected chi connectivity index (χ3v) is 5.77. The normalized spacial score (nSPS) is 15.7. The number of benzene rings is 3. The smallest absolute Gasteiger partial charge is 0.416 e. The van der Waals surface area contributed by atoms with Gasteiger partial charge < -0.3 is 19.9 Å². The van der Waals surface area contributed by atoms with E-state index in [1.54, 1.807) is 42.5 Å². The van der Waals surface area contributed by atoms with Gasteiger partial charge in [-0.25, -0.2) is 0 Å². The molecule has 0 bridgehead atoms. The molecule has 3 aromatic rings. The summed E-state index contributed by atoms with van der Waals surface area (Å²) in [6.45, 7) is 2.58. The minimum atomic E-state index is -4.43. The number of aliphatic hydroxyl groups excluding tert-OH is 1. The molecule has 5 nitrogen and oxygen atoms in total. The van der Waals surface area contributed by atoms with Crippen LogP contribution in [0.1, 0.15) is 29.2 Å². The topological polar surface area (TPSA) is 67.8 Å². The van der Waals surface area contributed by atoms with Crippen molar-refractivity contribution >= 4 is 17.2 Å². The zero-order valence-corrected chi connectivity index (χ0v) is 20.1. The highest BCUT2D eigenvalue weighted by Gasteiger charge is 2.30. The Balaban J connectivity index is 1.58. The van der Waals surface area contributed by atoms with Gasteiger partial charge in [-0.3, -0.25) is 4.79 Å². The van der Waals surface area contributed by atoms with E-state index in [0.29, 0.717) is 41.4 Å². The van der Waals surface area contributed by atoms with Crippen molar-refractivity contribution in [3.05, 3.63) is 107 Å². The number of ether oxygens (including phenoxy) is 2. The minimum Gasteiger partial charge on any atom is -0.494 e. The fourth-order valence-corrected chi connectivity index (χ4v) is 4.01. The van der Waals surface area contributed by atoms with Crippen LogP contribution < -0.4 is 14.8 Å². The van der Waals surface area contributed by atoms with Gasteiger partial charge in [0.1, 0.15) is 18.1 Å². The number of allylic oxidation sites excluding steroid dienone is 2. The van der Waals surface area contributed by atoms with Crippen molar-refractivity contribution in [3.8, 4) is 11.5 Å². The van der Waals surface area contributed by atoms with E-state index >= 15 is 0 Å². The largest absolute Gasteiger partial charge is 0.494 e. The Bertz CT molecular complexity index is 1300. The zero-order chi connectivity index (χ0) is 26.4. The lowest BCUT2D eigenvalue weighted by Gasteiger charge is -2.23. The van der Waals surface area contributed by atoms with Gasteiger partial charge in [-0.15, -0.1) is 0 Å². The minimum absolute atomic E-state index is 0.202. The average Bonchev–Trinajstić information content (AvgIpc) is 2.87. The van der Waals surface area contributed by atoms with Gasteiger partial charge in [0, 0.05) is 23.7 Å². The molecule has 0 saturated heterocycles. The first-order valence-electron chi connectivity index (χ1n) is 11.8. The number of hydrogen-bond donors (Lipinski definition) is 2. The van der Waals surface area contributed by atoms with Crippen LogP contribution >= 0.6 is 0 Å². The van der Waals surface area contributed by atoms with Crippen LogP contribution in [0.3, 0.4) is 0 Å². The number of carbonyl (C=O) groups excluding carboxylic acids is 1. The summed E-state index contributed by atoms with van der Waals surface area (Å²) in [5.41, 5.74) is 2.47. The Morgan fingerprint density at radius 3 is 2.41 bits per heavy atom. The zero-order valence-electron chi connectivity index (χ0n) is 20.1. The van der Waals surface area contributed by atoms with E-state index < -0.39 is 23.8 Å². The lowest BCUT2D eigenvalue weighted by molar-refractivity contribution is -0.137. The molecule has 0 aromatic heterocycles. The predicted molar refractivity (Wildman–Crippen MR) is 136 cm³/mol. The molecule has 1 amide bonds. The number of nitrogens with one attached hydrogen (secondary N) is 1. The number of aliphatic hydroxyl groups is 1. The molecule has 0 spiro atoms. The van der Waals surface area contributed by atoms with Gasteiger partial charge in [-0.2, -0.15) is 13.2 Å². The first kappa shape index (κ1) is 26.0. The lowest BCUT2D eigenvalue weighted by Crippen LogP contribution is -2.26. The maximum Gasteiger partial charge on any atom is 0.416 e. The summed E-state index contributed by atoms with van der Waals surface area (Å²) in [5, 5.41) is 12.7. The number of amides is 1. The molecule has 8 heteroatoms. The molecule has 1 aliphatic heterocycles. The van der Waals surface area contributed by atoms with Crippen molar-refractivity contribution in [3.63, 3.8) is 0 Å². The predicted octanol–water partition coefficient (Wildman–Crippen LogP) is 6.03. The van der Waals surface area contributed by atoms with E-state index in [0.717, 1.165) is 23.3 Å². The van der Waals surface area contributed by atoms with Crippen LogP contribution in [0.2, 0.25) is 0 Å². The molecule has 37 heavy (non-hydrogen) atoms. The molecule has 3 aromatic carbocycles. The molecule has 1 heterocycles. The molecule has 0 radical (unpaired) electrons. The standard InChI is InChI=1S/C29H26F3NO4/c1-2-36-23-15-11-20(12-16-23)24(19-9-13-21(14-10-19)29(30,31)32)5-3-8-28(35)33-26-6-4-7-27-25(26)17-22(34)18-37-27/h3-16,22,34H,2,17-18H2,1H3,(H,33,35). The summed E-state index contributed by atoms with van der Waals surface area (Å²) in [7, 11) is 0. The summed E-state index contributed by atoms with van der Waals surface area (Å²) in [5.74, 6) is 0.892. The van der Waals surface area contributed by atoms with Crippen molar-refractivity contribution in [2.75, 3.05) is 18.5 Å². The Morgan fingerprint density at radius 1 is 1.08 bits per heavy atom. The van der Waals surface area contributed by atoms with E-state index in [1.807, 2.05) is 19.1 Å². The average molecular weight is 510 g/mol. The molecule has 1 atom stereocenters. The summed E-state index contributed by atoms with van der Waals surface area (Å²) in [6, 6.07) is 17.3. The van der Waals surface area contributed by atoms with E-state index in [2.05, 4.69) is 5.32 Å². The van der Waals surface area contributed by atoms with Gasteiger partial charge >= 0.3 is 6.18 Å². The molecule has 1 aliphatic rings. The summed E-state index contributed by atoms with van der Waals surface area (Å²) in [6.07, 6.45) is -0.171. The quantitative estimate of drug-likeness (QED) is 0.302. The van der Waals surface area contributed by atoms with Gasteiger partial charge in [0.05, 0.1) is 18.3 Å². The highest BCUT2D eigenvalue weighted by molar-refractivity contribution is 6.00. The van der Waals surface area contributed by atoms with Crippen molar-refractivity contribution in [1.82, 2.24) is 0 Å². The van der Waals surface area contributed by atoms with Gasteiger partial charge in [-0.05, 0) is 60.0 Å². The summed E-state index contributed by atoms with van der Waals surface area (Å²) >= 11 is 0. The Labute approximate surface area is 212 Å². The number of hydrogen-bond acceptors (Lipinski definition) is 4. The molecule has 0 saturated carbocycles. The molecular formula is C29H26F3NO4. The fraction of sp³-hybridized carbons (Fsp3) is 0.207. The molecule has 0 aliphatic carbocycles. The molecule has 4 rings (SSSR count). The SMILES string of the molecule is CCOc1ccc(C(=CC=CC(=O)Nc2cccc3c2CC(O)CO3)c2ccc(C(F)(F)F)cc2)cc1. The highest BCUT2D eigenvalue weighted by Crippen LogP contribution is 2.33. The second-order valence-electron chi connectivity index (χ2n) is 8.41. The van der Waals surface area contributed by atoms with Crippen molar-refractivity contribution in [2.45, 2.75) is 25.6 Å². The van der Waals surface area contributed by atoms with Crippen LogP contribution in [0.25, 0.3) is 5.57 Å². The molecule has 1 unspecified atom stereocenters. The number of alkyl halides is 3. The van der Waals surface area contributed by atoms with Crippen molar-refractivity contribution < 1.29 is 32.5 Å². The van der Waals surface area contributed by atoms with Crippen LogP contribution in [0.15, 0.2) is 85.0 Å². The van der Waals surface area contributed by atoms with Crippen molar-refractivity contribution in [2.24, 2.45) is 0 Å². The van der Waals surface area contributed by atoms with E-state index in [1.165, 1.54) is 18.2 Å². The first-order chi connectivity index (χ1) is 17.7. The van der Waals surface area contributed by atoms with Crippen LogP contribution in [0, 0.1) is 0 Å². The molecule has 192 valence electrons. The fourth-order valence-electron chi connectivity index (χ4n) is 4.01. The maximum atomic E-state index is 13.1. The van der Waals surface area contributed by atoms with Crippen LogP contribution in [-0.4, -0.2) is 30.3 Å².